The van der Waals surface area contributed by atoms with Crippen LogP contribution in [0.3, 0.4) is 0 Å². The number of fused-ring (bicyclic) bond motifs is 1. The minimum absolute atomic E-state index is 0.156. The van der Waals surface area contributed by atoms with Crippen molar-refractivity contribution in [3.8, 4) is 11.5 Å². The molecule has 3 amide bonds. The van der Waals surface area contributed by atoms with E-state index in [9.17, 15) is 9.59 Å². The van der Waals surface area contributed by atoms with Crippen molar-refractivity contribution in [3.05, 3.63) is 76.0 Å². The smallest absolute Gasteiger partial charge is 0.322 e. The van der Waals surface area contributed by atoms with Crippen LogP contribution < -0.4 is 20.1 Å². The van der Waals surface area contributed by atoms with Crippen LogP contribution in [0.25, 0.3) is 0 Å². The molecule has 0 fully saturated rings. The zero-order valence-electron chi connectivity index (χ0n) is 18.0. The van der Waals surface area contributed by atoms with E-state index in [2.05, 4.69) is 10.6 Å². The molecule has 7 nitrogen and oxygen atoms in total. The summed E-state index contributed by atoms with van der Waals surface area (Å²) >= 11 is 1.38. The van der Waals surface area contributed by atoms with Gasteiger partial charge < -0.3 is 25.0 Å². The molecule has 0 radical (unpaired) electrons. The average Bonchev–Trinajstić information content (AvgIpc) is 3.37. The van der Waals surface area contributed by atoms with Gasteiger partial charge in [0.05, 0.1) is 25.1 Å². The number of carbonyl (C=O) groups excluding carboxylic acids is 2. The van der Waals surface area contributed by atoms with Crippen molar-refractivity contribution in [2.24, 2.45) is 0 Å². The monoisotopic (exact) mass is 451 g/mol. The quantitative estimate of drug-likeness (QED) is 0.585. The van der Waals surface area contributed by atoms with E-state index in [0.29, 0.717) is 29.3 Å². The molecule has 1 aliphatic rings. The summed E-state index contributed by atoms with van der Waals surface area (Å²) in [6, 6.07) is 16.2. The molecule has 0 saturated carbocycles. The molecule has 4 rings (SSSR count). The Balaban J connectivity index is 1.63. The van der Waals surface area contributed by atoms with Crippen LogP contribution in [0.4, 0.5) is 10.5 Å². The van der Waals surface area contributed by atoms with E-state index in [1.54, 1.807) is 25.2 Å². The van der Waals surface area contributed by atoms with Crippen LogP contribution in [0.5, 0.6) is 11.5 Å². The molecular formula is C24H25N3O4S. The summed E-state index contributed by atoms with van der Waals surface area (Å²) in [6.07, 6.45) is 0.674. The number of nitrogens with zero attached hydrogens (tertiary/aromatic N) is 1. The zero-order chi connectivity index (χ0) is 22.5. The highest BCUT2D eigenvalue weighted by molar-refractivity contribution is 7.12. The highest BCUT2D eigenvalue weighted by Crippen LogP contribution is 2.38. The molecule has 0 bridgehead atoms. The van der Waals surface area contributed by atoms with Crippen molar-refractivity contribution >= 4 is 29.0 Å². The fourth-order valence-electron chi connectivity index (χ4n) is 3.89. The minimum Gasteiger partial charge on any atom is -0.493 e. The summed E-state index contributed by atoms with van der Waals surface area (Å²) in [5.41, 5.74) is 2.72. The summed E-state index contributed by atoms with van der Waals surface area (Å²) in [5.74, 6) is 1.08. The van der Waals surface area contributed by atoms with E-state index in [-0.39, 0.29) is 24.5 Å². The zero-order valence-corrected chi connectivity index (χ0v) is 18.8. The molecule has 2 aromatic carbocycles. The Morgan fingerprint density at radius 3 is 2.50 bits per heavy atom. The average molecular weight is 452 g/mol. The molecule has 32 heavy (non-hydrogen) atoms. The maximum absolute atomic E-state index is 13.2. The molecule has 2 heterocycles. The number of anilines is 1. The van der Waals surface area contributed by atoms with Gasteiger partial charge in [-0.3, -0.25) is 4.79 Å². The Morgan fingerprint density at radius 2 is 1.81 bits per heavy atom. The van der Waals surface area contributed by atoms with Crippen LogP contribution in [-0.4, -0.2) is 44.1 Å². The number of rotatable bonds is 6. The van der Waals surface area contributed by atoms with Crippen LogP contribution in [0.2, 0.25) is 0 Å². The third-order valence-electron chi connectivity index (χ3n) is 5.49. The van der Waals surface area contributed by atoms with E-state index in [0.717, 1.165) is 16.8 Å². The van der Waals surface area contributed by atoms with Gasteiger partial charge in [0, 0.05) is 18.8 Å². The number of nitrogens with one attached hydrogen (secondary N) is 2. The first-order chi connectivity index (χ1) is 15.6. The predicted molar refractivity (Wildman–Crippen MR) is 125 cm³/mol. The molecule has 0 aliphatic carbocycles. The Kier molecular flexibility index (Phi) is 6.61. The SMILES string of the molecule is COc1cc2c(cc1OC)C(CNC(=O)c1cccs1)N(C(=O)Nc1ccccc1)CC2. The number of methoxy groups -OCH3 is 2. The van der Waals surface area contributed by atoms with Crippen molar-refractivity contribution in [1.82, 2.24) is 10.2 Å². The summed E-state index contributed by atoms with van der Waals surface area (Å²) in [7, 11) is 3.19. The van der Waals surface area contributed by atoms with Crippen LogP contribution >= 0.6 is 11.3 Å². The number of urea groups is 1. The van der Waals surface area contributed by atoms with Gasteiger partial charge in [0.2, 0.25) is 0 Å². The molecule has 2 N–H and O–H groups in total. The first-order valence-electron chi connectivity index (χ1n) is 10.3. The number of para-hydroxylation sites is 1. The van der Waals surface area contributed by atoms with E-state index in [1.165, 1.54) is 11.3 Å². The Labute approximate surface area is 191 Å². The lowest BCUT2D eigenvalue weighted by Crippen LogP contribution is -2.46. The molecular weight excluding hydrogens is 426 g/mol. The number of ether oxygens (including phenoxy) is 2. The minimum atomic E-state index is -0.355. The standard InChI is InChI=1S/C24H25N3O4S/c1-30-20-13-16-10-11-27(24(29)26-17-7-4-3-5-8-17)19(18(16)14-21(20)31-2)15-25-23(28)22-9-6-12-32-22/h3-9,12-14,19H,10-11,15H2,1-2H3,(H,25,28)(H,26,29). The van der Waals surface area contributed by atoms with E-state index < -0.39 is 0 Å². The summed E-state index contributed by atoms with van der Waals surface area (Å²) in [5, 5.41) is 7.81. The third kappa shape index (κ3) is 4.55. The second kappa shape index (κ2) is 9.74. The number of amides is 3. The molecule has 0 spiro atoms. The lowest BCUT2D eigenvalue weighted by atomic mass is 9.91. The van der Waals surface area contributed by atoms with Crippen molar-refractivity contribution in [2.45, 2.75) is 12.5 Å². The van der Waals surface area contributed by atoms with Crippen LogP contribution in [0, 0.1) is 0 Å². The molecule has 1 unspecified atom stereocenters. The Bertz CT molecular complexity index is 1090. The van der Waals surface area contributed by atoms with Gasteiger partial charge in [-0.25, -0.2) is 4.79 Å². The van der Waals surface area contributed by atoms with Gasteiger partial charge in [-0.1, -0.05) is 24.3 Å². The van der Waals surface area contributed by atoms with Gasteiger partial charge in [0.25, 0.3) is 5.91 Å². The van der Waals surface area contributed by atoms with E-state index in [1.807, 2.05) is 53.9 Å². The molecule has 166 valence electrons. The maximum Gasteiger partial charge on any atom is 0.322 e. The van der Waals surface area contributed by atoms with Gasteiger partial charge >= 0.3 is 6.03 Å². The highest BCUT2D eigenvalue weighted by atomic mass is 32.1. The topological polar surface area (TPSA) is 79.9 Å². The van der Waals surface area contributed by atoms with Crippen molar-refractivity contribution in [2.75, 3.05) is 32.6 Å². The fourth-order valence-corrected chi connectivity index (χ4v) is 4.53. The third-order valence-corrected chi connectivity index (χ3v) is 6.36. The predicted octanol–water partition coefficient (Wildman–Crippen LogP) is 4.33. The Hall–Kier alpha value is -3.52. The summed E-state index contributed by atoms with van der Waals surface area (Å²) < 4.78 is 10.9. The first-order valence-corrected chi connectivity index (χ1v) is 11.2. The largest absolute Gasteiger partial charge is 0.493 e. The van der Waals surface area contributed by atoms with Crippen LogP contribution in [0.15, 0.2) is 60.0 Å². The van der Waals surface area contributed by atoms with Gasteiger partial charge in [-0.05, 0) is 53.3 Å². The summed E-state index contributed by atoms with van der Waals surface area (Å²) in [6.45, 7) is 0.794. The van der Waals surface area contributed by atoms with Gasteiger partial charge in [0.1, 0.15) is 0 Å². The van der Waals surface area contributed by atoms with Crippen molar-refractivity contribution < 1.29 is 19.1 Å². The number of hydrogen-bond acceptors (Lipinski definition) is 5. The van der Waals surface area contributed by atoms with Crippen LogP contribution in [0.1, 0.15) is 26.8 Å². The molecule has 1 atom stereocenters. The molecule has 0 saturated heterocycles. The second-order valence-electron chi connectivity index (χ2n) is 7.35. The second-order valence-corrected chi connectivity index (χ2v) is 8.30. The van der Waals surface area contributed by atoms with Crippen molar-refractivity contribution in [3.63, 3.8) is 0 Å². The van der Waals surface area contributed by atoms with Gasteiger partial charge in [0.15, 0.2) is 11.5 Å². The van der Waals surface area contributed by atoms with E-state index in [4.69, 9.17) is 9.47 Å². The number of benzene rings is 2. The summed E-state index contributed by atoms with van der Waals surface area (Å²) in [4.78, 5) is 28.2. The molecule has 1 aromatic heterocycles. The van der Waals surface area contributed by atoms with Gasteiger partial charge in [-0.15, -0.1) is 11.3 Å². The lowest BCUT2D eigenvalue weighted by molar-refractivity contribution is 0.0940. The number of carbonyl (C=O) groups is 2. The normalized spacial score (nSPS) is 14.9. The first kappa shape index (κ1) is 21.7. The number of hydrogen-bond donors (Lipinski definition) is 2. The number of thiophene rings is 1. The van der Waals surface area contributed by atoms with Crippen molar-refractivity contribution in [1.29, 1.82) is 0 Å². The van der Waals surface area contributed by atoms with Crippen LogP contribution in [-0.2, 0) is 6.42 Å². The fraction of sp³-hybridized carbons (Fsp3) is 0.250. The lowest BCUT2D eigenvalue weighted by Gasteiger charge is -2.37. The molecule has 1 aliphatic heterocycles. The Morgan fingerprint density at radius 1 is 1.06 bits per heavy atom. The highest BCUT2D eigenvalue weighted by Gasteiger charge is 2.32. The molecule has 3 aromatic rings. The van der Waals surface area contributed by atoms with E-state index >= 15 is 0 Å². The van der Waals surface area contributed by atoms with Gasteiger partial charge in [-0.2, -0.15) is 0 Å². The maximum atomic E-state index is 13.2. The molecule has 8 heteroatoms.